The van der Waals surface area contributed by atoms with Gasteiger partial charge in [0.1, 0.15) is 18.5 Å². The number of nitriles is 1. The summed E-state index contributed by atoms with van der Waals surface area (Å²) in [5.41, 5.74) is 0.606. The third kappa shape index (κ3) is 5.04. The van der Waals surface area contributed by atoms with E-state index in [1.54, 1.807) is 24.3 Å². The highest BCUT2D eigenvalue weighted by Gasteiger charge is 2.21. The Balaban J connectivity index is 1.66. The summed E-state index contributed by atoms with van der Waals surface area (Å²) < 4.78 is 5.53. The van der Waals surface area contributed by atoms with Gasteiger partial charge in [-0.15, -0.1) is 0 Å². The molecule has 0 bridgehead atoms. The Kier molecular flexibility index (Phi) is 6.04. The summed E-state index contributed by atoms with van der Waals surface area (Å²) in [5, 5.41) is 22.1. The largest absolute Gasteiger partial charge is 0.491 e. The maximum atomic E-state index is 9.96. The van der Waals surface area contributed by atoms with Crippen molar-refractivity contribution < 1.29 is 9.84 Å². The highest BCUT2D eigenvalue weighted by atomic mass is 16.5. The quantitative estimate of drug-likeness (QED) is 0.809. The molecular weight excluding hydrogens is 264 g/mol. The van der Waals surface area contributed by atoms with Crippen molar-refractivity contribution in [1.82, 2.24) is 5.32 Å². The van der Waals surface area contributed by atoms with E-state index in [1.807, 2.05) is 0 Å². The summed E-state index contributed by atoms with van der Waals surface area (Å²) in [4.78, 5) is 0. The second kappa shape index (κ2) is 8.02. The Morgan fingerprint density at radius 3 is 2.62 bits per heavy atom. The van der Waals surface area contributed by atoms with Gasteiger partial charge in [-0.3, -0.25) is 0 Å². The van der Waals surface area contributed by atoms with Gasteiger partial charge < -0.3 is 15.2 Å². The zero-order chi connectivity index (χ0) is 15.1. The van der Waals surface area contributed by atoms with E-state index in [2.05, 4.69) is 18.3 Å². The van der Waals surface area contributed by atoms with Gasteiger partial charge in [0.2, 0.25) is 0 Å². The molecule has 114 valence electrons. The second-order valence-electron chi connectivity index (χ2n) is 5.84. The van der Waals surface area contributed by atoms with Gasteiger partial charge in [-0.2, -0.15) is 5.26 Å². The molecule has 0 aliphatic heterocycles. The van der Waals surface area contributed by atoms with Crippen LogP contribution in [0.4, 0.5) is 0 Å². The van der Waals surface area contributed by atoms with Crippen LogP contribution in [0.15, 0.2) is 24.3 Å². The zero-order valence-corrected chi connectivity index (χ0v) is 12.6. The number of rotatable bonds is 7. The molecule has 1 fully saturated rings. The van der Waals surface area contributed by atoms with E-state index in [-0.39, 0.29) is 6.61 Å². The maximum absolute atomic E-state index is 9.96. The van der Waals surface area contributed by atoms with E-state index >= 15 is 0 Å². The minimum atomic E-state index is -0.524. The van der Waals surface area contributed by atoms with Crippen LogP contribution in [0, 0.1) is 17.2 Å². The number of nitrogens with one attached hydrogen (secondary N) is 1. The number of benzene rings is 1. The lowest BCUT2D eigenvalue weighted by molar-refractivity contribution is 0.102. The first-order chi connectivity index (χ1) is 10.2. The molecule has 2 atom stereocenters. The fraction of sp³-hybridized carbons (Fsp3) is 0.588. The van der Waals surface area contributed by atoms with Crippen molar-refractivity contribution in [3.05, 3.63) is 29.8 Å². The van der Waals surface area contributed by atoms with Crippen molar-refractivity contribution >= 4 is 0 Å². The summed E-state index contributed by atoms with van der Waals surface area (Å²) >= 11 is 0. The van der Waals surface area contributed by atoms with Crippen molar-refractivity contribution in [3.63, 3.8) is 0 Å². The minimum absolute atomic E-state index is 0.260. The molecule has 2 rings (SSSR count). The first-order valence-corrected chi connectivity index (χ1v) is 7.73. The fourth-order valence-corrected chi connectivity index (χ4v) is 2.82. The minimum Gasteiger partial charge on any atom is -0.491 e. The number of aliphatic hydroxyl groups is 1. The molecular formula is C17H24N2O2. The van der Waals surface area contributed by atoms with Crippen molar-refractivity contribution in [2.45, 2.75) is 44.8 Å². The van der Waals surface area contributed by atoms with Gasteiger partial charge in [-0.05, 0) is 49.9 Å². The molecule has 4 nitrogen and oxygen atoms in total. The van der Waals surface area contributed by atoms with E-state index in [1.165, 1.54) is 25.7 Å². The smallest absolute Gasteiger partial charge is 0.119 e. The predicted molar refractivity (Wildman–Crippen MR) is 82.1 cm³/mol. The average molecular weight is 288 g/mol. The monoisotopic (exact) mass is 288 g/mol. The third-order valence-electron chi connectivity index (χ3n) is 4.21. The molecule has 0 saturated heterocycles. The number of ether oxygens (including phenoxy) is 1. The van der Waals surface area contributed by atoms with Gasteiger partial charge in [0, 0.05) is 12.6 Å². The van der Waals surface area contributed by atoms with Crippen molar-refractivity contribution in [1.29, 1.82) is 5.26 Å². The number of aliphatic hydroxyl groups excluding tert-OH is 1. The Labute approximate surface area is 126 Å². The molecule has 1 aromatic rings. The number of hydrogen-bond donors (Lipinski definition) is 2. The van der Waals surface area contributed by atoms with Crippen LogP contribution in [-0.4, -0.2) is 30.4 Å². The highest BCUT2D eigenvalue weighted by molar-refractivity contribution is 5.34. The van der Waals surface area contributed by atoms with Crippen molar-refractivity contribution in [2.75, 3.05) is 13.2 Å². The predicted octanol–water partition coefficient (Wildman–Crippen LogP) is 2.47. The molecule has 0 spiro atoms. The van der Waals surface area contributed by atoms with E-state index in [0.717, 1.165) is 5.92 Å². The second-order valence-corrected chi connectivity index (χ2v) is 5.84. The Morgan fingerprint density at radius 2 is 2.00 bits per heavy atom. The van der Waals surface area contributed by atoms with Gasteiger partial charge >= 0.3 is 0 Å². The van der Waals surface area contributed by atoms with E-state index < -0.39 is 6.10 Å². The van der Waals surface area contributed by atoms with E-state index in [4.69, 9.17) is 10.00 Å². The van der Waals surface area contributed by atoms with Crippen LogP contribution in [0.25, 0.3) is 0 Å². The average Bonchev–Trinajstić information content (AvgIpc) is 3.05. The molecule has 0 aromatic heterocycles. The maximum Gasteiger partial charge on any atom is 0.119 e. The van der Waals surface area contributed by atoms with Gasteiger partial charge in [-0.25, -0.2) is 0 Å². The topological polar surface area (TPSA) is 65.3 Å². The lowest BCUT2D eigenvalue weighted by atomic mass is 10.00. The van der Waals surface area contributed by atoms with Crippen LogP contribution in [-0.2, 0) is 0 Å². The normalized spacial score (nSPS) is 18.1. The molecule has 0 radical (unpaired) electrons. The van der Waals surface area contributed by atoms with Crippen LogP contribution >= 0.6 is 0 Å². The molecule has 1 saturated carbocycles. The van der Waals surface area contributed by atoms with Crippen LogP contribution in [0.2, 0.25) is 0 Å². The summed E-state index contributed by atoms with van der Waals surface area (Å²) in [6.45, 7) is 3.01. The van der Waals surface area contributed by atoms with Gasteiger partial charge in [0.25, 0.3) is 0 Å². The standard InChI is InChI=1S/C17H24N2O2/c1-13(15-4-2-3-5-15)19-11-16(20)12-21-17-8-6-14(10-18)7-9-17/h6-9,13,15-16,19-20H,2-5,11-12H2,1H3/t13-,16?/m1/s1. The number of hydrogen-bond acceptors (Lipinski definition) is 4. The fourth-order valence-electron chi connectivity index (χ4n) is 2.82. The van der Waals surface area contributed by atoms with E-state index in [0.29, 0.717) is 23.9 Å². The highest BCUT2D eigenvalue weighted by Crippen LogP contribution is 2.27. The van der Waals surface area contributed by atoms with Crippen molar-refractivity contribution in [2.24, 2.45) is 5.92 Å². The van der Waals surface area contributed by atoms with Gasteiger partial charge in [0.15, 0.2) is 0 Å². The summed E-state index contributed by atoms with van der Waals surface area (Å²) in [6.07, 6.45) is 4.74. The molecule has 4 heteroatoms. The lowest BCUT2D eigenvalue weighted by Crippen LogP contribution is -2.39. The third-order valence-corrected chi connectivity index (χ3v) is 4.21. The van der Waals surface area contributed by atoms with Crippen LogP contribution in [0.5, 0.6) is 5.75 Å². The van der Waals surface area contributed by atoms with Crippen LogP contribution in [0.3, 0.4) is 0 Å². The Morgan fingerprint density at radius 1 is 1.33 bits per heavy atom. The van der Waals surface area contributed by atoms with Gasteiger partial charge in [0.05, 0.1) is 11.6 Å². The van der Waals surface area contributed by atoms with Gasteiger partial charge in [-0.1, -0.05) is 12.8 Å². The molecule has 1 unspecified atom stereocenters. The van der Waals surface area contributed by atoms with E-state index in [9.17, 15) is 5.11 Å². The Hall–Kier alpha value is -1.57. The first kappa shape index (κ1) is 15.8. The van der Waals surface area contributed by atoms with Crippen molar-refractivity contribution in [3.8, 4) is 11.8 Å². The number of nitrogens with zero attached hydrogens (tertiary/aromatic N) is 1. The first-order valence-electron chi connectivity index (χ1n) is 7.73. The molecule has 1 aliphatic rings. The van der Waals surface area contributed by atoms with Crippen LogP contribution in [0.1, 0.15) is 38.2 Å². The SMILES string of the molecule is C[C@@H](NCC(O)COc1ccc(C#N)cc1)C1CCCC1. The van der Waals surface area contributed by atoms with Crippen LogP contribution < -0.4 is 10.1 Å². The molecule has 2 N–H and O–H groups in total. The Bertz CT molecular complexity index is 461. The summed E-state index contributed by atoms with van der Waals surface area (Å²) in [5.74, 6) is 1.42. The zero-order valence-electron chi connectivity index (χ0n) is 12.6. The molecule has 0 amide bonds. The molecule has 0 heterocycles. The summed E-state index contributed by atoms with van der Waals surface area (Å²) in [6, 6.07) is 9.44. The summed E-state index contributed by atoms with van der Waals surface area (Å²) in [7, 11) is 0. The molecule has 1 aliphatic carbocycles. The molecule has 1 aromatic carbocycles. The lowest BCUT2D eigenvalue weighted by Gasteiger charge is -2.22. The molecule has 21 heavy (non-hydrogen) atoms.